The highest BCUT2D eigenvalue weighted by Gasteiger charge is 2.25. The second kappa shape index (κ2) is 9.53. The van der Waals surface area contributed by atoms with E-state index in [0.717, 1.165) is 35.4 Å². The SMILES string of the molecule is CC(C)(C)c1ccc(C(=O)Nc2ccc(N3CCN(C(=O)c4cc5ccccc5o4)CC3)cc2)cc1. The molecule has 0 aliphatic carbocycles. The van der Waals surface area contributed by atoms with Gasteiger partial charge in [-0.1, -0.05) is 51.1 Å². The molecule has 2 heterocycles. The van der Waals surface area contributed by atoms with Crippen molar-refractivity contribution in [2.24, 2.45) is 0 Å². The number of fused-ring (bicyclic) bond motifs is 1. The average molecular weight is 482 g/mol. The van der Waals surface area contributed by atoms with Gasteiger partial charge >= 0.3 is 0 Å². The van der Waals surface area contributed by atoms with E-state index in [2.05, 4.69) is 31.0 Å². The molecule has 1 saturated heterocycles. The zero-order valence-corrected chi connectivity index (χ0v) is 21.0. The lowest BCUT2D eigenvalue weighted by Gasteiger charge is -2.35. The number of piperazine rings is 1. The molecule has 36 heavy (non-hydrogen) atoms. The van der Waals surface area contributed by atoms with E-state index < -0.39 is 0 Å². The smallest absolute Gasteiger partial charge is 0.289 e. The van der Waals surface area contributed by atoms with Crippen LogP contribution in [0, 0.1) is 0 Å². The van der Waals surface area contributed by atoms with Gasteiger partial charge < -0.3 is 19.5 Å². The first-order valence-electron chi connectivity index (χ1n) is 12.3. The Morgan fingerprint density at radius 2 is 1.50 bits per heavy atom. The van der Waals surface area contributed by atoms with Crippen LogP contribution >= 0.6 is 0 Å². The maximum Gasteiger partial charge on any atom is 0.289 e. The molecule has 6 nitrogen and oxygen atoms in total. The molecule has 3 aromatic carbocycles. The molecular formula is C30H31N3O3. The van der Waals surface area contributed by atoms with Crippen molar-refractivity contribution in [3.05, 3.63) is 95.7 Å². The average Bonchev–Trinajstić information content (AvgIpc) is 3.33. The number of carbonyl (C=O) groups is 2. The maximum absolute atomic E-state index is 12.9. The molecule has 1 aliphatic heterocycles. The van der Waals surface area contributed by atoms with E-state index in [1.165, 1.54) is 5.56 Å². The van der Waals surface area contributed by atoms with Gasteiger partial charge in [0, 0.05) is 48.5 Å². The van der Waals surface area contributed by atoms with Gasteiger partial charge in [-0.05, 0) is 59.5 Å². The number of anilines is 2. The number of benzene rings is 3. The highest BCUT2D eigenvalue weighted by atomic mass is 16.3. The number of hydrogen-bond acceptors (Lipinski definition) is 4. The third-order valence-electron chi connectivity index (χ3n) is 6.71. The van der Waals surface area contributed by atoms with Crippen molar-refractivity contribution in [3.63, 3.8) is 0 Å². The normalized spacial score (nSPS) is 14.2. The Hall–Kier alpha value is -4.06. The van der Waals surface area contributed by atoms with Crippen LogP contribution in [-0.2, 0) is 5.41 Å². The molecule has 4 aromatic rings. The third kappa shape index (κ3) is 4.98. The first-order chi connectivity index (χ1) is 17.3. The number of furan rings is 1. The lowest BCUT2D eigenvalue weighted by atomic mass is 9.87. The number of para-hydroxylation sites is 1. The van der Waals surface area contributed by atoms with Crippen LogP contribution in [0.15, 0.2) is 83.3 Å². The predicted octanol–water partition coefficient (Wildman–Crippen LogP) is 5.95. The third-order valence-corrected chi connectivity index (χ3v) is 6.71. The van der Waals surface area contributed by atoms with Crippen molar-refractivity contribution in [1.82, 2.24) is 4.90 Å². The van der Waals surface area contributed by atoms with Crippen LogP contribution in [0.25, 0.3) is 11.0 Å². The number of carbonyl (C=O) groups excluding carboxylic acids is 2. The summed E-state index contributed by atoms with van der Waals surface area (Å²) in [7, 11) is 0. The summed E-state index contributed by atoms with van der Waals surface area (Å²) in [5.74, 6) is 0.193. The van der Waals surface area contributed by atoms with E-state index in [1.807, 2.05) is 83.8 Å². The van der Waals surface area contributed by atoms with Crippen LogP contribution in [0.2, 0.25) is 0 Å². The molecule has 1 N–H and O–H groups in total. The maximum atomic E-state index is 12.9. The second-order valence-electron chi connectivity index (χ2n) is 10.3. The first-order valence-corrected chi connectivity index (χ1v) is 12.3. The van der Waals surface area contributed by atoms with E-state index in [0.29, 0.717) is 24.4 Å². The van der Waals surface area contributed by atoms with Crippen LogP contribution < -0.4 is 10.2 Å². The monoisotopic (exact) mass is 481 g/mol. The molecule has 0 saturated carbocycles. The minimum absolute atomic E-state index is 0.0526. The topological polar surface area (TPSA) is 65.8 Å². The fourth-order valence-electron chi connectivity index (χ4n) is 4.49. The van der Waals surface area contributed by atoms with Gasteiger partial charge in [0.1, 0.15) is 5.58 Å². The molecular weight excluding hydrogens is 450 g/mol. The van der Waals surface area contributed by atoms with Crippen molar-refractivity contribution in [1.29, 1.82) is 0 Å². The molecule has 0 atom stereocenters. The standard InChI is InChI=1S/C30H31N3O3/c1-30(2,3)23-10-8-21(9-11-23)28(34)31-24-12-14-25(15-13-24)32-16-18-33(19-17-32)29(35)27-20-22-6-4-5-7-26(22)36-27/h4-15,20H,16-19H2,1-3H3,(H,31,34). The summed E-state index contributed by atoms with van der Waals surface area (Å²) >= 11 is 0. The summed E-state index contributed by atoms with van der Waals surface area (Å²) in [6, 6.07) is 25.1. The Kier molecular flexibility index (Phi) is 6.27. The van der Waals surface area contributed by atoms with E-state index in [1.54, 1.807) is 0 Å². The number of amides is 2. The molecule has 1 aliphatic rings. The van der Waals surface area contributed by atoms with Crippen molar-refractivity contribution in [2.75, 3.05) is 36.4 Å². The van der Waals surface area contributed by atoms with E-state index in [4.69, 9.17) is 4.42 Å². The van der Waals surface area contributed by atoms with Gasteiger partial charge in [0.25, 0.3) is 11.8 Å². The lowest BCUT2D eigenvalue weighted by Crippen LogP contribution is -2.48. The summed E-state index contributed by atoms with van der Waals surface area (Å²) in [4.78, 5) is 29.7. The molecule has 2 amide bonds. The fourth-order valence-corrected chi connectivity index (χ4v) is 4.49. The molecule has 0 bridgehead atoms. The largest absolute Gasteiger partial charge is 0.451 e. The summed E-state index contributed by atoms with van der Waals surface area (Å²) < 4.78 is 5.75. The first kappa shape index (κ1) is 23.7. The van der Waals surface area contributed by atoms with E-state index in [9.17, 15) is 9.59 Å². The summed E-state index contributed by atoms with van der Waals surface area (Å²) in [6.45, 7) is 9.18. The summed E-state index contributed by atoms with van der Waals surface area (Å²) in [6.07, 6.45) is 0. The predicted molar refractivity (Wildman–Crippen MR) is 144 cm³/mol. The van der Waals surface area contributed by atoms with Crippen molar-refractivity contribution in [3.8, 4) is 0 Å². The molecule has 0 unspecified atom stereocenters. The van der Waals surface area contributed by atoms with Crippen LogP contribution in [0.3, 0.4) is 0 Å². The molecule has 184 valence electrons. The Morgan fingerprint density at radius 1 is 0.833 bits per heavy atom. The van der Waals surface area contributed by atoms with Gasteiger partial charge in [0.15, 0.2) is 5.76 Å². The molecule has 6 heteroatoms. The zero-order valence-electron chi connectivity index (χ0n) is 21.0. The molecule has 0 radical (unpaired) electrons. The van der Waals surface area contributed by atoms with Gasteiger partial charge in [-0.2, -0.15) is 0 Å². The quantitative estimate of drug-likeness (QED) is 0.391. The number of nitrogens with one attached hydrogen (secondary N) is 1. The van der Waals surface area contributed by atoms with Crippen LogP contribution in [-0.4, -0.2) is 42.9 Å². The minimum atomic E-state index is -0.124. The van der Waals surface area contributed by atoms with Crippen molar-refractivity contribution in [2.45, 2.75) is 26.2 Å². The van der Waals surface area contributed by atoms with Gasteiger partial charge in [0.2, 0.25) is 0 Å². The van der Waals surface area contributed by atoms with Gasteiger partial charge in [0.05, 0.1) is 0 Å². The number of rotatable bonds is 4. The van der Waals surface area contributed by atoms with E-state index >= 15 is 0 Å². The molecule has 1 fully saturated rings. The summed E-state index contributed by atoms with van der Waals surface area (Å²) in [5.41, 5.74) is 4.44. The zero-order chi connectivity index (χ0) is 25.3. The van der Waals surface area contributed by atoms with E-state index in [-0.39, 0.29) is 17.2 Å². The van der Waals surface area contributed by atoms with Crippen molar-refractivity contribution < 1.29 is 14.0 Å². The van der Waals surface area contributed by atoms with Gasteiger partial charge in [-0.3, -0.25) is 9.59 Å². The highest BCUT2D eigenvalue weighted by molar-refractivity contribution is 6.04. The number of nitrogens with zero attached hydrogens (tertiary/aromatic N) is 2. The minimum Gasteiger partial charge on any atom is -0.451 e. The van der Waals surface area contributed by atoms with Gasteiger partial charge in [-0.25, -0.2) is 0 Å². The number of hydrogen-bond donors (Lipinski definition) is 1. The molecule has 0 spiro atoms. The van der Waals surface area contributed by atoms with Crippen molar-refractivity contribution >= 4 is 34.2 Å². The Morgan fingerprint density at radius 3 is 2.14 bits per heavy atom. The Bertz CT molecular complexity index is 1340. The van der Waals surface area contributed by atoms with Crippen LogP contribution in [0.1, 0.15) is 47.2 Å². The molecule has 1 aromatic heterocycles. The summed E-state index contributed by atoms with van der Waals surface area (Å²) in [5, 5.41) is 3.92. The van der Waals surface area contributed by atoms with Gasteiger partial charge in [-0.15, -0.1) is 0 Å². The van der Waals surface area contributed by atoms with Crippen LogP contribution in [0.4, 0.5) is 11.4 Å². The Labute approximate surface area is 211 Å². The fraction of sp³-hybridized carbons (Fsp3) is 0.267. The second-order valence-corrected chi connectivity index (χ2v) is 10.3. The Balaban J connectivity index is 1.16. The molecule has 5 rings (SSSR count). The lowest BCUT2D eigenvalue weighted by molar-refractivity contribution is 0.0717. The van der Waals surface area contributed by atoms with Crippen LogP contribution in [0.5, 0.6) is 0 Å². The highest BCUT2D eigenvalue weighted by Crippen LogP contribution is 2.24.